The number of aliphatic hydroxyl groups is 2. The van der Waals surface area contributed by atoms with Crippen LogP contribution in [0.15, 0.2) is 36.5 Å². The number of carbonyl (C=O) groups excluding carboxylic acids is 2. The van der Waals surface area contributed by atoms with Crippen LogP contribution < -0.4 is 0 Å². The van der Waals surface area contributed by atoms with Gasteiger partial charge in [-0.2, -0.15) is 0 Å². The molecule has 0 spiro atoms. The van der Waals surface area contributed by atoms with Gasteiger partial charge in [0.1, 0.15) is 6.10 Å². The number of ether oxygens (including phenoxy) is 1. The molecule has 5 nitrogen and oxygen atoms in total. The molecule has 6 atom stereocenters. The molecule has 1 rings (SSSR count). The summed E-state index contributed by atoms with van der Waals surface area (Å²) in [5, 5.41) is 20.0. The number of ketones is 1. The molecule has 0 aliphatic carbocycles. The maximum Gasteiger partial charge on any atom is 0.330 e. The van der Waals surface area contributed by atoms with Crippen molar-refractivity contribution in [2.75, 3.05) is 6.61 Å². The number of aliphatic hydroxyl groups excluding tert-OH is 2. The van der Waals surface area contributed by atoms with Crippen molar-refractivity contribution in [1.82, 2.24) is 0 Å². The molecule has 0 bridgehead atoms. The van der Waals surface area contributed by atoms with Gasteiger partial charge in [0.2, 0.25) is 0 Å². The Morgan fingerprint density at radius 2 is 1.81 bits per heavy atom. The summed E-state index contributed by atoms with van der Waals surface area (Å²) in [6.07, 6.45) is 9.59. The van der Waals surface area contributed by atoms with Crippen molar-refractivity contribution in [3.8, 4) is 0 Å². The lowest BCUT2D eigenvalue weighted by Gasteiger charge is -2.25. The van der Waals surface area contributed by atoms with Crippen LogP contribution in [0.3, 0.4) is 0 Å². The Bertz CT molecular complexity index is 549. The van der Waals surface area contributed by atoms with E-state index in [1.54, 1.807) is 24.3 Å². The zero-order valence-electron chi connectivity index (χ0n) is 16.2. The Kier molecular flexibility index (Phi) is 9.52. The van der Waals surface area contributed by atoms with Gasteiger partial charge >= 0.3 is 5.97 Å². The summed E-state index contributed by atoms with van der Waals surface area (Å²) in [7, 11) is 0. The highest BCUT2D eigenvalue weighted by atomic mass is 16.5. The van der Waals surface area contributed by atoms with Crippen LogP contribution in [0.4, 0.5) is 0 Å². The normalized spacial score (nSPS) is 38.4. The quantitative estimate of drug-likeness (QED) is 0.736. The average Bonchev–Trinajstić information content (AvgIpc) is 2.62. The molecule has 0 unspecified atom stereocenters. The molecule has 0 saturated heterocycles. The molecule has 0 fully saturated rings. The number of cyclic esters (lactones) is 1. The Labute approximate surface area is 156 Å². The molecule has 1 aliphatic heterocycles. The van der Waals surface area contributed by atoms with Crippen molar-refractivity contribution >= 4 is 11.8 Å². The van der Waals surface area contributed by atoms with Crippen molar-refractivity contribution in [1.29, 1.82) is 0 Å². The summed E-state index contributed by atoms with van der Waals surface area (Å²) in [5.41, 5.74) is 0. The van der Waals surface area contributed by atoms with Crippen LogP contribution in [0.25, 0.3) is 0 Å². The first kappa shape index (κ1) is 22.3. The second-order valence-corrected chi connectivity index (χ2v) is 7.20. The molecular weight excluding hydrogens is 332 g/mol. The number of carbonyl (C=O) groups is 2. The third-order valence-corrected chi connectivity index (χ3v) is 4.96. The highest BCUT2D eigenvalue weighted by molar-refractivity contribution is 5.91. The summed E-state index contributed by atoms with van der Waals surface area (Å²) in [4.78, 5) is 24.3. The van der Waals surface area contributed by atoms with Crippen molar-refractivity contribution in [3.05, 3.63) is 36.5 Å². The molecule has 0 aromatic carbocycles. The van der Waals surface area contributed by atoms with Gasteiger partial charge in [0.25, 0.3) is 0 Å². The van der Waals surface area contributed by atoms with E-state index in [4.69, 9.17) is 4.74 Å². The van der Waals surface area contributed by atoms with Gasteiger partial charge in [0, 0.05) is 23.8 Å². The smallest absolute Gasteiger partial charge is 0.330 e. The fourth-order valence-electron chi connectivity index (χ4n) is 3.16. The van der Waals surface area contributed by atoms with Crippen LogP contribution in [0.5, 0.6) is 0 Å². The number of rotatable bonds is 2. The third-order valence-electron chi connectivity index (χ3n) is 4.96. The zero-order chi connectivity index (χ0) is 19.7. The molecule has 1 heterocycles. The lowest BCUT2D eigenvalue weighted by atomic mass is 9.85. The van der Waals surface area contributed by atoms with Crippen LogP contribution in [-0.2, 0) is 14.3 Å². The lowest BCUT2D eigenvalue weighted by Crippen LogP contribution is -2.28. The SMILES string of the molecule is CC[C@H]1OC(=O)/C=C\[C@H](C)[C@@H](O)[C@@H](C)C[C@@H](C)C(=O)/C=C\C=C/[C@@H]1CO. The Morgan fingerprint density at radius 1 is 1.12 bits per heavy atom. The summed E-state index contributed by atoms with van der Waals surface area (Å²) >= 11 is 0. The molecule has 5 heteroatoms. The van der Waals surface area contributed by atoms with Crippen molar-refractivity contribution < 1.29 is 24.5 Å². The minimum absolute atomic E-state index is 0.00278. The highest BCUT2D eigenvalue weighted by Crippen LogP contribution is 2.23. The molecule has 26 heavy (non-hydrogen) atoms. The van der Waals surface area contributed by atoms with E-state index in [9.17, 15) is 19.8 Å². The fourth-order valence-corrected chi connectivity index (χ4v) is 3.16. The van der Waals surface area contributed by atoms with Crippen LogP contribution in [0.2, 0.25) is 0 Å². The van der Waals surface area contributed by atoms with E-state index in [2.05, 4.69) is 0 Å². The standard InChI is InChI=1S/C21H32O5/c1-5-19-17(13-22)8-6-7-9-18(23)15(3)12-16(4)21(25)14(2)10-11-20(24)26-19/h6-11,14-17,19,21-22,25H,5,12-13H2,1-4H3/b8-6-,9-7-,11-10-/t14-,15+,16-,17+,19+,21+/m0/s1. The highest BCUT2D eigenvalue weighted by Gasteiger charge is 2.24. The van der Waals surface area contributed by atoms with E-state index in [1.165, 1.54) is 12.2 Å². The van der Waals surface area contributed by atoms with Gasteiger partial charge in [-0.3, -0.25) is 4.79 Å². The molecule has 0 aromatic heterocycles. The van der Waals surface area contributed by atoms with Gasteiger partial charge in [-0.05, 0) is 24.8 Å². The molecule has 2 N–H and O–H groups in total. The first-order valence-electron chi connectivity index (χ1n) is 9.36. The Hall–Kier alpha value is -1.72. The summed E-state index contributed by atoms with van der Waals surface area (Å²) in [6.45, 7) is 7.31. The minimum Gasteiger partial charge on any atom is -0.459 e. The maximum atomic E-state index is 12.2. The van der Waals surface area contributed by atoms with E-state index in [1.807, 2.05) is 27.7 Å². The number of hydrogen-bond donors (Lipinski definition) is 2. The predicted octanol–water partition coefficient (Wildman–Crippen LogP) is 2.83. The zero-order valence-corrected chi connectivity index (χ0v) is 16.2. The summed E-state index contributed by atoms with van der Waals surface area (Å²) in [5.74, 6) is -1.34. The summed E-state index contributed by atoms with van der Waals surface area (Å²) in [6, 6.07) is 0. The van der Waals surface area contributed by atoms with Crippen LogP contribution in [0.1, 0.15) is 40.5 Å². The molecular formula is C21H32O5. The topological polar surface area (TPSA) is 83.8 Å². The molecule has 146 valence electrons. The number of allylic oxidation sites excluding steroid dienone is 3. The minimum atomic E-state index is -0.654. The van der Waals surface area contributed by atoms with E-state index in [-0.39, 0.29) is 36.1 Å². The van der Waals surface area contributed by atoms with E-state index >= 15 is 0 Å². The van der Waals surface area contributed by atoms with Gasteiger partial charge in [-0.15, -0.1) is 0 Å². The van der Waals surface area contributed by atoms with Gasteiger partial charge in [-0.25, -0.2) is 4.79 Å². The van der Waals surface area contributed by atoms with Gasteiger partial charge in [0.15, 0.2) is 5.78 Å². The van der Waals surface area contributed by atoms with Crippen LogP contribution in [0, 0.1) is 23.7 Å². The Balaban J connectivity index is 3.09. The largest absolute Gasteiger partial charge is 0.459 e. The molecule has 0 amide bonds. The number of esters is 1. The van der Waals surface area contributed by atoms with Gasteiger partial charge in [-0.1, -0.05) is 52.0 Å². The van der Waals surface area contributed by atoms with Crippen LogP contribution >= 0.6 is 0 Å². The van der Waals surface area contributed by atoms with E-state index < -0.39 is 18.2 Å². The first-order chi connectivity index (χ1) is 12.3. The van der Waals surface area contributed by atoms with Crippen molar-refractivity contribution in [2.45, 2.75) is 52.7 Å². The van der Waals surface area contributed by atoms with Crippen molar-refractivity contribution in [3.63, 3.8) is 0 Å². The molecule has 0 radical (unpaired) electrons. The Morgan fingerprint density at radius 3 is 2.42 bits per heavy atom. The van der Waals surface area contributed by atoms with E-state index in [0.717, 1.165) is 0 Å². The maximum absolute atomic E-state index is 12.2. The molecule has 0 saturated carbocycles. The second-order valence-electron chi connectivity index (χ2n) is 7.20. The lowest BCUT2D eigenvalue weighted by molar-refractivity contribution is -0.145. The first-order valence-corrected chi connectivity index (χ1v) is 9.36. The number of hydrogen-bond acceptors (Lipinski definition) is 5. The van der Waals surface area contributed by atoms with Gasteiger partial charge < -0.3 is 14.9 Å². The molecule has 1 aliphatic rings. The average molecular weight is 364 g/mol. The third kappa shape index (κ3) is 6.89. The van der Waals surface area contributed by atoms with Crippen LogP contribution in [-0.4, -0.2) is 40.8 Å². The second kappa shape index (κ2) is 11.1. The summed E-state index contributed by atoms with van der Waals surface area (Å²) < 4.78 is 5.44. The fraction of sp³-hybridized carbons (Fsp3) is 0.619. The monoisotopic (exact) mass is 364 g/mol. The van der Waals surface area contributed by atoms with E-state index in [0.29, 0.717) is 12.8 Å². The predicted molar refractivity (Wildman–Crippen MR) is 101 cm³/mol. The molecule has 0 aromatic rings. The van der Waals surface area contributed by atoms with Crippen molar-refractivity contribution in [2.24, 2.45) is 23.7 Å². The van der Waals surface area contributed by atoms with Gasteiger partial charge in [0.05, 0.1) is 12.7 Å².